The van der Waals surface area contributed by atoms with E-state index in [2.05, 4.69) is 10.8 Å². The van der Waals surface area contributed by atoms with Crippen LogP contribution in [0.1, 0.15) is 0 Å². The van der Waals surface area contributed by atoms with Crippen LogP contribution in [0.5, 0.6) is 0 Å². The van der Waals surface area contributed by atoms with Gasteiger partial charge >= 0.3 is 0 Å². The lowest BCUT2D eigenvalue weighted by molar-refractivity contribution is 1.36. The third-order valence-electron chi connectivity index (χ3n) is 1.71. The van der Waals surface area contributed by atoms with Crippen molar-refractivity contribution in [1.82, 2.24) is 0 Å². The van der Waals surface area contributed by atoms with Gasteiger partial charge in [0.2, 0.25) is 0 Å². The standard InChI is InChI=1S/C8H6S5/c1-2-11-7(10-1)8-12-5-3-9-4-6(5)13-8/h3-4H,1-2H2. The molecule has 68 valence electrons. The number of hydrogen-bond acceptors (Lipinski definition) is 5. The molecule has 0 aliphatic carbocycles. The first-order valence-corrected chi connectivity index (χ1v) is 8.40. The van der Waals surface area contributed by atoms with E-state index in [-0.39, 0.29) is 0 Å². The second kappa shape index (κ2) is 3.77. The van der Waals surface area contributed by atoms with Gasteiger partial charge in [-0.05, 0) is 0 Å². The van der Waals surface area contributed by atoms with Gasteiger partial charge in [-0.25, -0.2) is 0 Å². The highest BCUT2D eigenvalue weighted by Crippen LogP contribution is 2.57. The molecular weight excluding hydrogens is 256 g/mol. The first kappa shape index (κ1) is 9.09. The van der Waals surface area contributed by atoms with E-state index in [4.69, 9.17) is 0 Å². The van der Waals surface area contributed by atoms with Crippen LogP contribution < -0.4 is 0 Å². The predicted octanol–water partition coefficient (Wildman–Crippen LogP) is 4.55. The molecular formula is C8H6S5. The molecule has 5 heteroatoms. The number of rotatable bonds is 0. The third-order valence-corrected chi connectivity index (χ3v) is 8.51. The van der Waals surface area contributed by atoms with E-state index in [1.165, 1.54) is 25.5 Å². The summed E-state index contributed by atoms with van der Waals surface area (Å²) >= 11 is 9.75. The van der Waals surface area contributed by atoms with Crippen LogP contribution >= 0.6 is 58.4 Å². The van der Waals surface area contributed by atoms with Gasteiger partial charge in [-0.15, -0.1) is 23.5 Å². The fraction of sp³-hybridized carbons (Fsp3) is 0.250. The van der Waals surface area contributed by atoms with Gasteiger partial charge in [0.1, 0.15) is 0 Å². The zero-order valence-electron chi connectivity index (χ0n) is 6.61. The monoisotopic (exact) mass is 262 g/mol. The van der Waals surface area contributed by atoms with Crippen molar-refractivity contribution in [3.8, 4) is 0 Å². The first-order valence-electron chi connectivity index (χ1n) is 3.85. The molecule has 2 aliphatic heterocycles. The topological polar surface area (TPSA) is 0 Å². The van der Waals surface area contributed by atoms with Crippen LogP contribution in [0.4, 0.5) is 0 Å². The summed E-state index contributed by atoms with van der Waals surface area (Å²) in [6.07, 6.45) is 0. The van der Waals surface area contributed by atoms with E-state index >= 15 is 0 Å². The molecule has 1 saturated heterocycles. The van der Waals surface area contributed by atoms with Crippen molar-refractivity contribution in [2.75, 3.05) is 11.5 Å². The zero-order valence-corrected chi connectivity index (χ0v) is 10.7. The predicted molar refractivity (Wildman–Crippen MR) is 68.0 cm³/mol. The summed E-state index contributed by atoms with van der Waals surface area (Å²) in [6, 6.07) is 0. The minimum Gasteiger partial charge on any atom is -0.150 e. The van der Waals surface area contributed by atoms with Crippen molar-refractivity contribution in [2.24, 2.45) is 0 Å². The average molecular weight is 262 g/mol. The molecule has 0 saturated carbocycles. The van der Waals surface area contributed by atoms with Gasteiger partial charge < -0.3 is 0 Å². The number of fused-ring (bicyclic) bond motifs is 1. The molecule has 3 heterocycles. The SMILES string of the molecule is c1scc2c1SC(=C1SCCS1)S2. The summed E-state index contributed by atoms with van der Waals surface area (Å²) < 4.78 is 3.07. The Bertz CT molecular complexity index is 334. The second-order valence-electron chi connectivity index (χ2n) is 2.58. The van der Waals surface area contributed by atoms with E-state index in [9.17, 15) is 0 Å². The minimum absolute atomic E-state index is 1.29. The molecule has 0 amide bonds. The second-order valence-corrected chi connectivity index (χ2v) is 8.15. The molecule has 0 spiro atoms. The van der Waals surface area contributed by atoms with Gasteiger partial charge in [-0.3, -0.25) is 0 Å². The zero-order chi connectivity index (χ0) is 8.67. The Morgan fingerprint density at radius 3 is 2.08 bits per heavy atom. The molecule has 0 atom stereocenters. The summed E-state index contributed by atoms with van der Waals surface area (Å²) in [7, 11) is 0. The van der Waals surface area contributed by atoms with E-state index in [0.29, 0.717) is 0 Å². The molecule has 0 bridgehead atoms. The Morgan fingerprint density at radius 1 is 0.846 bits per heavy atom. The lowest BCUT2D eigenvalue weighted by Gasteiger charge is -1.98. The van der Waals surface area contributed by atoms with Crippen LogP contribution in [0.2, 0.25) is 0 Å². The summed E-state index contributed by atoms with van der Waals surface area (Å²) in [4.78, 5) is 2.93. The average Bonchev–Trinajstić information content (AvgIpc) is 2.78. The molecule has 0 radical (unpaired) electrons. The lowest BCUT2D eigenvalue weighted by Crippen LogP contribution is -1.64. The number of thiophene rings is 1. The van der Waals surface area contributed by atoms with Gasteiger partial charge in [0.05, 0.1) is 8.47 Å². The largest absolute Gasteiger partial charge is 0.150 e. The third kappa shape index (κ3) is 1.69. The minimum atomic E-state index is 1.29. The Balaban J connectivity index is 1.92. The Morgan fingerprint density at radius 2 is 1.46 bits per heavy atom. The van der Waals surface area contributed by atoms with Crippen molar-refractivity contribution in [2.45, 2.75) is 9.79 Å². The van der Waals surface area contributed by atoms with Gasteiger partial charge in [0.25, 0.3) is 0 Å². The Hall–Kier alpha value is 0.840. The van der Waals surface area contributed by atoms with E-state index < -0.39 is 0 Å². The van der Waals surface area contributed by atoms with E-state index in [1.54, 1.807) is 4.24 Å². The molecule has 0 unspecified atom stereocenters. The first-order chi connectivity index (χ1) is 6.43. The van der Waals surface area contributed by atoms with Crippen molar-refractivity contribution in [3.63, 3.8) is 0 Å². The summed E-state index contributed by atoms with van der Waals surface area (Å²) in [5.41, 5.74) is 0. The smallest absolute Gasteiger partial charge is 0.0700 e. The summed E-state index contributed by atoms with van der Waals surface area (Å²) in [6.45, 7) is 0. The van der Waals surface area contributed by atoms with Gasteiger partial charge in [0.15, 0.2) is 0 Å². The number of thioether (sulfide) groups is 4. The van der Waals surface area contributed by atoms with Crippen LogP contribution in [-0.2, 0) is 0 Å². The van der Waals surface area contributed by atoms with Crippen molar-refractivity contribution >= 4 is 58.4 Å². The van der Waals surface area contributed by atoms with Crippen LogP contribution in [0, 0.1) is 0 Å². The molecule has 1 fully saturated rings. The van der Waals surface area contributed by atoms with Crippen LogP contribution in [0.25, 0.3) is 0 Å². The Kier molecular flexibility index (Phi) is 2.64. The molecule has 13 heavy (non-hydrogen) atoms. The van der Waals surface area contributed by atoms with Crippen molar-refractivity contribution in [3.05, 3.63) is 19.2 Å². The molecule has 0 N–H and O–H groups in total. The van der Waals surface area contributed by atoms with E-state index in [0.717, 1.165) is 0 Å². The highest BCUT2D eigenvalue weighted by molar-refractivity contribution is 8.30. The number of hydrogen-bond donors (Lipinski definition) is 0. The molecule has 0 nitrogen and oxygen atoms in total. The molecule has 1 aromatic heterocycles. The molecule has 2 aliphatic rings. The van der Waals surface area contributed by atoms with Crippen LogP contribution in [-0.4, -0.2) is 11.5 Å². The van der Waals surface area contributed by atoms with Gasteiger partial charge in [0, 0.05) is 32.1 Å². The van der Waals surface area contributed by atoms with Crippen molar-refractivity contribution in [1.29, 1.82) is 0 Å². The highest BCUT2D eigenvalue weighted by atomic mass is 32.2. The normalized spacial score (nSPS) is 21.2. The molecule has 0 aromatic carbocycles. The lowest BCUT2D eigenvalue weighted by atomic mass is 10.7. The summed E-state index contributed by atoms with van der Waals surface area (Å²) in [5.74, 6) is 2.58. The maximum atomic E-state index is 2.25. The molecule has 1 aromatic rings. The van der Waals surface area contributed by atoms with Crippen LogP contribution in [0.3, 0.4) is 0 Å². The maximum absolute atomic E-state index is 2.25. The fourth-order valence-corrected chi connectivity index (χ4v) is 7.75. The van der Waals surface area contributed by atoms with Crippen molar-refractivity contribution < 1.29 is 0 Å². The fourth-order valence-electron chi connectivity index (χ4n) is 1.15. The quantitative estimate of drug-likeness (QED) is 0.672. The summed E-state index contributed by atoms with van der Waals surface area (Å²) in [5, 5.41) is 4.51. The highest BCUT2D eigenvalue weighted by Gasteiger charge is 2.23. The van der Waals surface area contributed by atoms with Gasteiger partial charge in [-0.2, -0.15) is 11.3 Å². The molecule has 3 rings (SSSR count). The van der Waals surface area contributed by atoms with Gasteiger partial charge in [-0.1, -0.05) is 23.5 Å². The van der Waals surface area contributed by atoms with Crippen LogP contribution in [0.15, 0.2) is 29.0 Å². The maximum Gasteiger partial charge on any atom is 0.0700 e. The Labute approximate surface area is 98.3 Å². The van der Waals surface area contributed by atoms with E-state index in [1.807, 2.05) is 58.4 Å².